The van der Waals surface area contributed by atoms with Crippen LogP contribution in [0.5, 0.6) is 0 Å². The lowest BCUT2D eigenvalue weighted by Gasteiger charge is -2.39. The quantitative estimate of drug-likeness (QED) is 0.706. The molecule has 0 aromatic heterocycles. The van der Waals surface area contributed by atoms with Gasteiger partial charge >= 0.3 is 0 Å². The van der Waals surface area contributed by atoms with Crippen LogP contribution >= 0.6 is 0 Å². The van der Waals surface area contributed by atoms with Crippen molar-refractivity contribution in [2.75, 3.05) is 19.8 Å². The van der Waals surface area contributed by atoms with Crippen LogP contribution in [0, 0.1) is 22.7 Å². The molecule has 1 saturated heterocycles. The zero-order valence-electron chi connectivity index (χ0n) is 16.4. The van der Waals surface area contributed by atoms with Gasteiger partial charge in [-0.2, -0.15) is 0 Å². The van der Waals surface area contributed by atoms with Crippen LogP contribution in [-0.2, 0) is 14.8 Å². The fourth-order valence-electron chi connectivity index (χ4n) is 6.60. The van der Waals surface area contributed by atoms with Gasteiger partial charge in [-0.1, -0.05) is 26.0 Å². The summed E-state index contributed by atoms with van der Waals surface area (Å²) in [6.07, 6.45) is 10.2. The molecule has 146 valence electrons. The molecule has 0 radical (unpaired) electrons. The molecule has 0 aromatic carbocycles. The number of amides is 1. The maximum atomic E-state index is 13.6. The molecule has 1 aliphatic heterocycles. The van der Waals surface area contributed by atoms with Crippen molar-refractivity contribution in [1.82, 2.24) is 9.21 Å². The van der Waals surface area contributed by atoms with Crippen LogP contribution in [0.25, 0.3) is 0 Å². The van der Waals surface area contributed by atoms with E-state index < -0.39 is 16.1 Å². The second-order valence-corrected chi connectivity index (χ2v) is 11.5. The molecule has 6 heteroatoms. The smallest absolute Gasteiger partial charge is 0.254 e. The molecule has 4 rings (SSSR count). The molecule has 1 heterocycles. The number of sulfonamides is 1. The molecule has 3 aliphatic carbocycles. The van der Waals surface area contributed by atoms with Crippen molar-refractivity contribution in [2.24, 2.45) is 22.7 Å². The van der Waals surface area contributed by atoms with Crippen molar-refractivity contribution in [1.29, 1.82) is 0 Å². The van der Waals surface area contributed by atoms with E-state index >= 15 is 0 Å². The van der Waals surface area contributed by atoms with E-state index in [-0.39, 0.29) is 34.4 Å². The van der Waals surface area contributed by atoms with Gasteiger partial charge in [0.2, 0.25) is 10.0 Å². The molecule has 1 amide bonds. The zero-order chi connectivity index (χ0) is 18.9. The van der Waals surface area contributed by atoms with E-state index in [0.717, 1.165) is 38.5 Å². The Morgan fingerprint density at radius 2 is 2.00 bits per heavy atom. The number of nitrogens with zero attached hydrogens (tertiary/aromatic N) is 2. The second kappa shape index (κ2) is 5.81. The molecule has 1 spiro atoms. The number of fused-ring (bicyclic) bond motifs is 1. The van der Waals surface area contributed by atoms with E-state index in [9.17, 15) is 13.2 Å². The minimum absolute atomic E-state index is 0.00186. The topological polar surface area (TPSA) is 57.7 Å². The summed E-state index contributed by atoms with van der Waals surface area (Å²) < 4.78 is 27.7. The van der Waals surface area contributed by atoms with Gasteiger partial charge in [0, 0.05) is 11.3 Å². The summed E-state index contributed by atoms with van der Waals surface area (Å²) in [4.78, 5) is 15.5. The van der Waals surface area contributed by atoms with Crippen molar-refractivity contribution >= 4 is 15.9 Å². The van der Waals surface area contributed by atoms with E-state index in [4.69, 9.17) is 0 Å². The SMILES string of the molecule is CN(C)[C@@H](C(=O)N1[C@H]2C[C@@H]3CC[C@@]2(CS1(=O)=O)C3(C)C)C1C=CCCC1. The molecule has 2 bridgehead atoms. The average molecular weight is 381 g/mol. The minimum Gasteiger partial charge on any atom is -0.298 e. The van der Waals surface area contributed by atoms with Crippen LogP contribution in [0.2, 0.25) is 0 Å². The van der Waals surface area contributed by atoms with Crippen molar-refractivity contribution in [2.45, 2.75) is 64.5 Å². The average Bonchev–Trinajstić information content (AvgIpc) is 3.02. The lowest BCUT2D eigenvalue weighted by molar-refractivity contribution is -0.135. The van der Waals surface area contributed by atoms with Gasteiger partial charge in [0.15, 0.2) is 0 Å². The fourth-order valence-corrected chi connectivity index (χ4v) is 9.15. The first-order valence-electron chi connectivity index (χ1n) is 10.0. The van der Waals surface area contributed by atoms with Crippen molar-refractivity contribution in [3.63, 3.8) is 0 Å². The highest BCUT2D eigenvalue weighted by atomic mass is 32.2. The van der Waals surface area contributed by atoms with E-state index in [0.29, 0.717) is 5.92 Å². The van der Waals surface area contributed by atoms with Crippen LogP contribution in [0.3, 0.4) is 0 Å². The van der Waals surface area contributed by atoms with Gasteiger partial charge in [0.1, 0.15) is 0 Å². The Morgan fingerprint density at radius 1 is 1.27 bits per heavy atom. The van der Waals surface area contributed by atoms with E-state index in [1.807, 2.05) is 19.0 Å². The van der Waals surface area contributed by atoms with Crippen molar-refractivity contribution in [3.05, 3.63) is 12.2 Å². The molecule has 0 N–H and O–H groups in total. The predicted octanol–water partition coefficient (Wildman–Crippen LogP) is 2.64. The molecule has 0 aromatic rings. The van der Waals surface area contributed by atoms with E-state index in [2.05, 4.69) is 26.0 Å². The molecule has 5 atom stereocenters. The molecule has 2 saturated carbocycles. The van der Waals surface area contributed by atoms with Gasteiger partial charge in [-0.25, -0.2) is 12.7 Å². The highest BCUT2D eigenvalue weighted by molar-refractivity contribution is 7.90. The van der Waals surface area contributed by atoms with Gasteiger partial charge < -0.3 is 0 Å². The Hall–Kier alpha value is -0.880. The molecular weight excluding hydrogens is 348 g/mol. The number of allylic oxidation sites excluding steroid dienone is 1. The highest BCUT2D eigenvalue weighted by Gasteiger charge is 2.72. The summed E-state index contributed by atoms with van der Waals surface area (Å²) in [5, 5.41) is 0. The highest BCUT2D eigenvalue weighted by Crippen LogP contribution is 2.70. The van der Waals surface area contributed by atoms with Crippen LogP contribution in [-0.4, -0.2) is 55.5 Å². The van der Waals surface area contributed by atoms with E-state index in [1.54, 1.807) is 0 Å². The summed E-state index contributed by atoms with van der Waals surface area (Å²) in [7, 11) is 0.249. The number of carbonyl (C=O) groups excluding carboxylic acids is 1. The summed E-state index contributed by atoms with van der Waals surface area (Å²) in [6.45, 7) is 4.45. The summed E-state index contributed by atoms with van der Waals surface area (Å²) in [5.41, 5.74) is -0.246. The zero-order valence-corrected chi connectivity index (χ0v) is 17.3. The first-order chi connectivity index (χ1) is 12.1. The standard InChI is InChI=1S/C20H32N2O3S/c1-19(2)15-10-11-20(19)13-26(24,25)22(16(20)12-15)18(23)17(21(3)4)14-8-6-5-7-9-14/h6,8,14-17H,5,7,9-13H2,1-4H3/t14?,15-,16-,17+,20-/m0/s1. The van der Waals surface area contributed by atoms with Crippen molar-refractivity contribution in [3.8, 4) is 0 Å². The maximum absolute atomic E-state index is 13.6. The Bertz CT molecular complexity index is 742. The molecule has 26 heavy (non-hydrogen) atoms. The normalized spacial score (nSPS) is 40.8. The van der Waals surface area contributed by atoms with E-state index in [1.165, 1.54) is 4.31 Å². The Kier molecular flexibility index (Phi) is 4.13. The van der Waals surface area contributed by atoms with Crippen LogP contribution in [0.4, 0.5) is 0 Å². The van der Waals surface area contributed by atoms with Crippen LogP contribution < -0.4 is 0 Å². The number of carbonyl (C=O) groups is 1. The third kappa shape index (κ3) is 2.30. The second-order valence-electron chi connectivity index (χ2n) is 9.69. The Balaban J connectivity index is 1.71. The lowest BCUT2D eigenvalue weighted by atomic mass is 9.69. The minimum atomic E-state index is -3.54. The van der Waals surface area contributed by atoms with Crippen LogP contribution in [0.15, 0.2) is 12.2 Å². The third-order valence-corrected chi connectivity index (χ3v) is 10.0. The number of likely N-dealkylation sites (N-methyl/N-ethyl adjacent to an activating group) is 1. The lowest BCUT2D eigenvalue weighted by Crippen LogP contribution is -2.53. The molecule has 5 nitrogen and oxygen atoms in total. The van der Waals surface area contributed by atoms with Crippen molar-refractivity contribution < 1.29 is 13.2 Å². The Morgan fingerprint density at radius 3 is 2.58 bits per heavy atom. The van der Waals surface area contributed by atoms with Gasteiger partial charge in [-0.15, -0.1) is 0 Å². The first-order valence-corrected chi connectivity index (χ1v) is 11.6. The first kappa shape index (κ1) is 18.5. The summed E-state index contributed by atoms with van der Waals surface area (Å²) in [5.74, 6) is 0.590. The monoisotopic (exact) mass is 380 g/mol. The maximum Gasteiger partial charge on any atom is 0.254 e. The molecule has 3 fully saturated rings. The number of hydrogen-bond donors (Lipinski definition) is 0. The third-order valence-electron chi connectivity index (χ3n) is 8.13. The number of rotatable bonds is 3. The van der Waals surface area contributed by atoms with Gasteiger partial charge in [0.25, 0.3) is 5.91 Å². The molecular formula is C20H32N2O3S. The van der Waals surface area contributed by atoms with Gasteiger partial charge in [0.05, 0.1) is 17.8 Å². The fraction of sp³-hybridized carbons (Fsp3) is 0.850. The Labute approximate surface area is 157 Å². The summed E-state index contributed by atoms with van der Waals surface area (Å²) >= 11 is 0. The molecule has 1 unspecified atom stereocenters. The van der Waals surface area contributed by atoms with Gasteiger partial charge in [-0.05, 0) is 64.0 Å². The van der Waals surface area contributed by atoms with Crippen LogP contribution in [0.1, 0.15) is 52.4 Å². The largest absolute Gasteiger partial charge is 0.298 e. The number of hydrogen-bond acceptors (Lipinski definition) is 4. The van der Waals surface area contributed by atoms with Gasteiger partial charge in [-0.3, -0.25) is 9.69 Å². The predicted molar refractivity (Wildman–Crippen MR) is 102 cm³/mol. The molecule has 4 aliphatic rings. The summed E-state index contributed by atoms with van der Waals surface area (Å²) in [6, 6.07) is -0.525.